The van der Waals surface area contributed by atoms with Crippen LogP contribution in [0.5, 0.6) is 23.0 Å². The molecule has 0 radical (unpaired) electrons. The summed E-state index contributed by atoms with van der Waals surface area (Å²) in [6.45, 7) is 8.07. The van der Waals surface area contributed by atoms with E-state index in [1.165, 1.54) is 5.56 Å². The molecule has 3 aromatic rings. The first-order valence-electron chi connectivity index (χ1n) is 12.1. The first-order chi connectivity index (χ1) is 17.4. The molecule has 0 unspecified atom stereocenters. The zero-order chi connectivity index (χ0) is 25.4. The highest BCUT2D eigenvalue weighted by Crippen LogP contribution is 2.43. The van der Waals surface area contributed by atoms with Gasteiger partial charge in [-0.1, -0.05) is 44.2 Å². The highest BCUT2D eigenvalue weighted by atomic mass is 16.5. The second kappa shape index (κ2) is 9.70. The van der Waals surface area contributed by atoms with E-state index in [1.54, 1.807) is 14.2 Å². The Morgan fingerprint density at radius 1 is 1.00 bits per heavy atom. The van der Waals surface area contributed by atoms with E-state index in [1.807, 2.05) is 49.4 Å². The highest BCUT2D eigenvalue weighted by Gasteiger charge is 2.33. The van der Waals surface area contributed by atoms with Crippen molar-refractivity contribution in [2.24, 2.45) is 0 Å². The number of carbonyl (C=O) groups is 1. The Bertz CT molecular complexity index is 1340. The van der Waals surface area contributed by atoms with E-state index in [2.05, 4.69) is 30.9 Å². The van der Waals surface area contributed by atoms with E-state index >= 15 is 0 Å². The molecule has 0 saturated carbocycles. The molecule has 0 fully saturated rings. The van der Waals surface area contributed by atoms with Crippen molar-refractivity contribution < 1.29 is 23.7 Å². The van der Waals surface area contributed by atoms with Crippen LogP contribution in [0.15, 0.2) is 54.3 Å². The molecule has 36 heavy (non-hydrogen) atoms. The summed E-state index contributed by atoms with van der Waals surface area (Å²) in [5.41, 5.74) is 5.73. The second-order valence-corrected chi connectivity index (χ2v) is 9.58. The minimum atomic E-state index is -0.0964. The van der Waals surface area contributed by atoms with Crippen LogP contribution >= 0.6 is 0 Å². The topological polar surface area (TPSA) is 57.2 Å². The van der Waals surface area contributed by atoms with Gasteiger partial charge < -0.3 is 18.9 Å². The molecular formula is C30H31NO5. The quantitative estimate of drug-likeness (QED) is 0.393. The summed E-state index contributed by atoms with van der Waals surface area (Å²) in [4.78, 5) is 15.4. The molecule has 0 aromatic heterocycles. The first kappa shape index (κ1) is 23.9. The molecule has 0 spiro atoms. The third kappa shape index (κ3) is 4.44. The van der Waals surface area contributed by atoms with Gasteiger partial charge in [0.1, 0.15) is 18.2 Å². The van der Waals surface area contributed by atoms with Crippen LogP contribution < -0.4 is 18.9 Å². The predicted octanol–water partition coefficient (Wildman–Crippen LogP) is 6.10. The number of benzene rings is 3. The molecule has 2 aliphatic rings. The van der Waals surface area contributed by atoms with E-state index in [-0.39, 0.29) is 5.78 Å². The minimum Gasteiger partial charge on any atom is -0.493 e. The van der Waals surface area contributed by atoms with Crippen molar-refractivity contribution in [2.75, 3.05) is 21.0 Å². The Hall–Kier alpha value is -3.77. The van der Waals surface area contributed by atoms with Crippen LogP contribution in [0.2, 0.25) is 0 Å². The maximum absolute atomic E-state index is 13.2. The Morgan fingerprint density at radius 2 is 1.75 bits per heavy atom. The lowest BCUT2D eigenvalue weighted by molar-refractivity contribution is 0.0876. The van der Waals surface area contributed by atoms with Gasteiger partial charge >= 0.3 is 0 Å². The lowest BCUT2D eigenvalue weighted by Crippen LogP contribution is -2.32. The molecule has 0 bridgehead atoms. The van der Waals surface area contributed by atoms with Gasteiger partial charge in [-0.05, 0) is 53.8 Å². The fraction of sp³-hybridized carbons (Fsp3) is 0.300. The smallest absolute Gasteiger partial charge is 0.231 e. The molecule has 6 heteroatoms. The van der Waals surface area contributed by atoms with Gasteiger partial charge in [-0.2, -0.15) is 0 Å². The van der Waals surface area contributed by atoms with Crippen molar-refractivity contribution in [2.45, 2.75) is 39.8 Å². The Morgan fingerprint density at radius 3 is 2.44 bits per heavy atom. The number of methoxy groups -OCH3 is 2. The summed E-state index contributed by atoms with van der Waals surface area (Å²) in [7, 11) is 3.26. The van der Waals surface area contributed by atoms with Crippen LogP contribution in [-0.4, -0.2) is 31.6 Å². The summed E-state index contributed by atoms with van der Waals surface area (Å²) in [5.74, 6) is 3.50. The highest BCUT2D eigenvalue weighted by molar-refractivity contribution is 6.15. The van der Waals surface area contributed by atoms with Crippen molar-refractivity contribution in [1.82, 2.24) is 4.90 Å². The Balaban J connectivity index is 1.37. The summed E-state index contributed by atoms with van der Waals surface area (Å²) in [6.07, 6.45) is 1.81. The average molecular weight is 486 g/mol. The van der Waals surface area contributed by atoms with Gasteiger partial charge in [0.2, 0.25) is 5.78 Å². The number of ether oxygens (including phenoxy) is 4. The zero-order valence-electron chi connectivity index (χ0n) is 21.4. The molecule has 0 aliphatic carbocycles. The summed E-state index contributed by atoms with van der Waals surface area (Å²) in [5, 5.41) is 0. The van der Waals surface area contributed by atoms with E-state index in [0.717, 1.165) is 28.0 Å². The summed E-state index contributed by atoms with van der Waals surface area (Å²) in [6, 6.07) is 16.1. The number of fused-ring (bicyclic) bond motifs is 2. The van der Waals surface area contributed by atoms with Crippen molar-refractivity contribution in [3.8, 4) is 23.0 Å². The third-order valence-electron chi connectivity index (χ3n) is 6.76. The number of nitrogens with zero attached hydrogens (tertiary/aromatic N) is 1. The van der Waals surface area contributed by atoms with E-state index in [4.69, 9.17) is 18.9 Å². The Labute approximate surface area is 212 Å². The van der Waals surface area contributed by atoms with Crippen LogP contribution in [-0.2, 0) is 13.1 Å². The van der Waals surface area contributed by atoms with Crippen LogP contribution in [0.3, 0.4) is 0 Å². The van der Waals surface area contributed by atoms with Crippen LogP contribution in [0, 0.1) is 6.92 Å². The van der Waals surface area contributed by atoms with E-state index in [0.29, 0.717) is 54.3 Å². The van der Waals surface area contributed by atoms with Crippen molar-refractivity contribution in [1.29, 1.82) is 0 Å². The number of hydrogen-bond donors (Lipinski definition) is 0. The van der Waals surface area contributed by atoms with Gasteiger partial charge in [0, 0.05) is 24.2 Å². The zero-order valence-corrected chi connectivity index (χ0v) is 21.4. The normalized spacial score (nSPS) is 15.9. The Kier molecular flexibility index (Phi) is 6.46. The predicted molar refractivity (Wildman–Crippen MR) is 139 cm³/mol. The van der Waals surface area contributed by atoms with Gasteiger partial charge in [-0.25, -0.2) is 0 Å². The number of ketones is 1. The van der Waals surface area contributed by atoms with Gasteiger partial charge in [0.05, 0.1) is 19.8 Å². The lowest BCUT2D eigenvalue weighted by atomic mass is 9.99. The molecule has 2 heterocycles. The fourth-order valence-electron chi connectivity index (χ4n) is 4.76. The van der Waals surface area contributed by atoms with Crippen LogP contribution in [0.1, 0.15) is 57.9 Å². The molecule has 3 aromatic carbocycles. The van der Waals surface area contributed by atoms with Crippen molar-refractivity contribution >= 4 is 11.9 Å². The van der Waals surface area contributed by atoms with Crippen LogP contribution in [0.25, 0.3) is 6.08 Å². The molecule has 0 amide bonds. The van der Waals surface area contributed by atoms with Gasteiger partial charge in [0.15, 0.2) is 17.3 Å². The van der Waals surface area contributed by atoms with Crippen molar-refractivity contribution in [3.05, 3.63) is 87.7 Å². The average Bonchev–Trinajstić information content (AvgIpc) is 3.19. The maximum atomic E-state index is 13.2. The van der Waals surface area contributed by atoms with Crippen molar-refractivity contribution in [3.63, 3.8) is 0 Å². The minimum absolute atomic E-state index is 0.0964. The molecule has 5 rings (SSSR count). The molecule has 6 nitrogen and oxygen atoms in total. The number of rotatable bonds is 6. The summed E-state index contributed by atoms with van der Waals surface area (Å²) < 4.78 is 23.0. The first-order valence-corrected chi connectivity index (χ1v) is 12.1. The molecule has 2 aliphatic heterocycles. The number of carbonyl (C=O) groups excluding carboxylic acids is 1. The van der Waals surface area contributed by atoms with Gasteiger partial charge in [-0.3, -0.25) is 9.69 Å². The second-order valence-electron chi connectivity index (χ2n) is 9.58. The van der Waals surface area contributed by atoms with Gasteiger partial charge in [-0.15, -0.1) is 0 Å². The van der Waals surface area contributed by atoms with Crippen LogP contribution in [0.4, 0.5) is 0 Å². The number of allylic oxidation sites excluding steroid dienone is 1. The molecule has 186 valence electrons. The molecular weight excluding hydrogens is 454 g/mol. The third-order valence-corrected chi connectivity index (χ3v) is 6.76. The molecule has 0 atom stereocenters. The number of hydrogen-bond acceptors (Lipinski definition) is 6. The fourth-order valence-corrected chi connectivity index (χ4v) is 4.76. The standard InChI is InChI=1S/C30H31NO5/c1-18(2)22-9-6-20(7-10-22)12-27-28(32)24-14-23-16-31(17-35-29(23)19(3)30(24)36-27)15-21-8-11-25(33-4)26(13-21)34-5/h6-14,18H,15-17H2,1-5H3/b27-12-. The van der Waals surface area contributed by atoms with Gasteiger partial charge in [0.25, 0.3) is 0 Å². The summed E-state index contributed by atoms with van der Waals surface area (Å²) >= 11 is 0. The van der Waals surface area contributed by atoms with E-state index < -0.39 is 0 Å². The number of Topliss-reactive ketones (excluding diaryl/α,β-unsaturated/α-hetero) is 1. The molecule has 0 saturated heterocycles. The monoisotopic (exact) mass is 485 g/mol. The van der Waals surface area contributed by atoms with E-state index in [9.17, 15) is 4.79 Å². The molecule has 0 N–H and O–H groups in total. The lowest BCUT2D eigenvalue weighted by Gasteiger charge is -2.30. The SMILES string of the molecule is COc1ccc(CN2COc3c(cc4c(c3C)O/C(=C\c3ccc(C(C)C)cc3)C4=O)C2)cc1OC. The largest absolute Gasteiger partial charge is 0.493 e. The maximum Gasteiger partial charge on any atom is 0.231 e.